The number of carbonyl (C=O) groups is 1. The maximum atomic E-state index is 12.3. The lowest BCUT2D eigenvalue weighted by molar-refractivity contribution is 0.0698. The van der Waals surface area contributed by atoms with Crippen molar-refractivity contribution < 1.29 is 18.3 Å². The van der Waals surface area contributed by atoms with Gasteiger partial charge in [-0.25, -0.2) is 4.79 Å². The minimum atomic E-state index is -3.74. The number of hydrogen-bond donors (Lipinski definition) is 2. The molecule has 2 rings (SSSR count). The number of rotatable bonds is 4. The second-order valence-corrected chi connectivity index (χ2v) is 6.32. The summed E-state index contributed by atoms with van der Waals surface area (Å²) in [5.74, 6) is -1.19. The standard InChI is InChI=1S/C12H17N3O4S/c16-12(17)10-5-6-13-9-11(10)14-20(18,19)15-7-3-1-2-4-8-15/h5-6,9,14H,1-4,7-8H2,(H,16,17). The maximum absolute atomic E-state index is 12.3. The Hall–Kier alpha value is -1.67. The lowest BCUT2D eigenvalue weighted by atomic mass is 10.2. The predicted molar refractivity (Wildman–Crippen MR) is 73.8 cm³/mol. The Labute approximate surface area is 117 Å². The number of nitrogens with one attached hydrogen (secondary N) is 1. The van der Waals surface area contributed by atoms with Crippen molar-refractivity contribution in [2.45, 2.75) is 25.7 Å². The van der Waals surface area contributed by atoms with Crippen molar-refractivity contribution in [3.63, 3.8) is 0 Å². The van der Waals surface area contributed by atoms with Crippen molar-refractivity contribution in [3.05, 3.63) is 24.0 Å². The Bertz CT molecular complexity index is 580. The van der Waals surface area contributed by atoms with Gasteiger partial charge in [0.25, 0.3) is 0 Å². The highest BCUT2D eigenvalue weighted by molar-refractivity contribution is 7.90. The lowest BCUT2D eigenvalue weighted by Gasteiger charge is -2.21. The van der Waals surface area contributed by atoms with Gasteiger partial charge in [0.15, 0.2) is 0 Å². The first-order chi connectivity index (χ1) is 9.50. The second-order valence-electron chi connectivity index (χ2n) is 4.65. The van der Waals surface area contributed by atoms with Crippen LogP contribution in [0.5, 0.6) is 0 Å². The molecule has 1 fully saturated rings. The van der Waals surface area contributed by atoms with E-state index in [0.29, 0.717) is 13.1 Å². The summed E-state index contributed by atoms with van der Waals surface area (Å²) in [7, 11) is -3.74. The quantitative estimate of drug-likeness (QED) is 0.873. The SMILES string of the molecule is O=C(O)c1ccncc1NS(=O)(=O)N1CCCCCC1. The molecule has 0 spiro atoms. The van der Waals surface area contributed by atoms with Crippen molar-refractivity contribution >= 4 is 21.9 Å². The zero-order valence-electron chi connectivity index (χ0n) is 10.9. The first kappa shape index (κ1) is 14.7. The second kappa shape index (κ2) is 6.19. The van der Waals surface area contributed by atoms with Gasteiger partial charge in [0.2, 0.25) is 0 Å². The molecular weight excluding hydrogens is 282 g/mol. The molecule has 0 aromatic carbocycles. The summed E-state index contributed by atoms with van der Waals surface area (Å²) in [4.78, 5) is 14.8. The number of carboxylic acid groups (broad SMARTS) is 1. The third-order valence-electron chi connectivity index (χ3n) is 3.20. The molecule has 1 aliphatic rings. The van der Waals surface area contributed by atoms with Gasteiger partial charge in [-0.05, 0) is 18.9 Å². The summed E-state index contributed by atoms with van der Waals surface area (Å²) in [5, 5.41) is 9.04. The smallest absolute Gasteiger partial charge is 0.337 e. The van der Waals surface area contributed by atoms with E-state index in [0.717, 1.165) is 25.7 Å². The summed E-state index contributed by atoms with van der Waals surface area (Å²) in [6.07, 6.45) is 6.18. The minimum absolute atomic E-state index is 0.00996. The molecule has 0 bridgehead atoms. The largest absolute Gasteiger partial charge is 0.478 e. The van der Waals surface area contributed by atoms with Crippen LogP contribution in [0.25, 0.3) is 0 Å². The van der Waals surface area contributed by atoms with E-state index in [4.69, 9.17) is 5.11 Å². The van der Waals surface area contributed by atoms with Crippen LogP contribution in [-0.2, 0) is 10.2 Å². The van der Waals surface area contributed by atoms with Crippen LogP contribution in [0.2, 0.25) is 0 Å². The van der Waals surface area contributed by atoms with Crippen LogP contribution in [0, 0.1) is 0 Å². The highest BCUT2D eigenvalue weighted by Gasteiger charge is 2.24. The first-order valence-electron chi connectivity index (χ1n) is 6.46. The zero-order chi connectivity index (χ0) is 14.6. The van der Waals surface area contributed by atoms with Gasteiger partial charge in [-0.15, -0.1) is 0 Å². The van der Waals surface area contributed by atoms with Gasteiger partial charge in [-0.3, -0.25) is 9.71 Å². The van der Waals surface area contributed by atoms with E-state index in [1.165, 1.54) is 22.8 Å². The minimum Gasteiger partial charge on any atom is -0.478 e. The molecule has 0 radical (unpaired) electrons. The average Bonchev–Trinajstić information content (AvgIpc) is 2.68. The average molecular weight is 299 g/mol. The van der Waals surface area contributed by atoms with E-state index >= 15 is 0 Å². The molecule has 2 N–H and O–H groups in total. The van der Waals surface area contributed by atoms with Crippen molar-refractivity contribution in [2.24, 2.45) is 0 Å². The molecule has 20 heavy (non-hydrogen) atoms. The van der Waals surface area contributed by atoms with Crippen LogP contribution in [0.4, 0.5) is 5.69 Å². The van der Waals surface area contributed by atoms with Crippen LogP contribution in [-0.4, -0.2) is 41.9 Å². The summed E-state index contributed by atoms with van der Waals surface area (Å²) in [5.41, 5.74) is -0.123. The molecular formula is C12H17N3O4S. The van der Waals surface area contributed by atoms with Crippen LogP contribution in [0.1, 0.15) is 36.0 Å². The van der Waals surface area contributed by atoms with Gasteiger partial charge in [0.1, 0.15) is 0 Å². The van der Waals surface area contributed by atoms with E-state index in [9.17, 15) is 13.2 Å². The van der Waals surface area contributed by atoms with Crippen molar-refractivity contribution in [3.8, 4) is 0 Å². The number of aromatic carboxylic acids is 1. The van der Waals surface area contributed by atoms with E-state index < -0.39 is 16.2 Å². The summed E-state index contributed by atoms with van der Waals surface area (Å²) in [6.45, 7) is 0.913. The Morgan fingerprint density at radius 1 is 1.25 bits per heavy atom. The van der Waals surface area contributed by atoms with Crippen molar-refractivity contribution in [2.75, 3.05) is 17.8 Å². The molecule has 1 saturated heterocycles. The Balaban J connectivity index is 2.21. The fraction of sp³-hybridized carbons (Fsp3) is 0.500. The molecule has 0 saturated carbocycles. The normalized spacial score (nSPS) is 17.4. The molecule has 1 aromatic rings. The molecule has 2 heterocycles. The monoisotopic (exact) mass is 299 g/mol. The van der Waals surface area contributed by atoms with Gasteiger partial charge in [0.05, 0.1) is 17.4 Å². The lowest BCUT2D eigenvalue weighted by Crippen LogP contribution is -2.36. The molecule has 0 amide bonds. The van der Waals surface area contributed by atoms with Crippen LogP contribution in [0.15, 0.2) is 18.5 Å². The Morgan fingerprint density at radius 3 is 2.50 bits per heavy atom. The molecule has 0 aliphatic carbocycles. The topological polar surface area (TPSA) is 99.6 Å². The number of hydrogen-bond acceptors (Lipinski definition) is 4. The zero-order valence-corrected chi connectivity index (χ0v) is 11.8. The van der Waals surface area contributed by atoms with Crippen molar-refractivity contribution in [1.82, 2.24) is 9.29 Å². The predicted octanol–water partition coefficient (Wildman–Crippen LogP) is 1.31. The summed E-state index contributed by atoms with van der Waals surface area (Å²) in [6, 6.07) is 1.27. The third kappa shape index (κ3) is 3.45. The summed E-state index contributed by atoms with van der Waals surface area (Å²) < 4.78 is 28.2. The molecule has 110 valence electrons. The van der Waals surface area contributed by atoms with Crippen LogP contribution < -0.4 is 4.72 Å². The Kier molecular flexibility index (Phi) is 4.56. The molecule has 8 heteroatoms. The van der Waals surface area contributed by atoms with Gasteiger partial charge in [0, 0.05) is 19.3 Å². The van der Waals surface area contributed by atoms with Crippen LogP contribution >= 0.6 is 0 Å². The fourth-order valence-corrected chi connectivity index (χ4v) is 3.46. The fourth-order valence-electron chi connectivity index (χ4n) is 2.15. The number of nitrogens with zero attached hydrogens (tertiary/aromatic N) is 2. The van der Waals surface area contributed by atoms with E-state index in [1.54, 1.807) is 0 Å². The molecule has 0 atom stereocenters. The molecule has 7 nitrogen and oxygen atoms in total. The number of carboxylic acids is 1. The number of anilines is 1. The highest BCUT2D eigenvalue weighted by atomic mass is 32.2. The first-order valence-corrected chi connectivity index (χ1v) is 7.90. The van der Waals surface area contributed by atoms with E-state index in [1.807, 2.05) is 0 Å². The van der Waals surface area contributed by atoms with Gasteiger partial charge in [-0.2, -0.15) is 12.7 Å². The maximum Gasteiger partial charge on any atom is 0.337 e. The van der Waals surface area contributed by atoms with Gasteiger partial charge >= 0.3 is 16.2 Å². The summed E-state index contributed by atoms with van der Waals surface area (Å²) >= 11 is 0. The Morgan fingerprint density at radius 2 is 1.90 bits per heavy atom. The van der Waals surface area contributed by atoms with Crippen molar-refractivity contribution in [1.29, 1.82) is 0 Å². The van der Waals surface area contributed by atoms with Gasteiger partial charge < -0.3 is 5.11 Å². The highest BCUT2D eigenvalue weighted by Crippen LogP contribution is 2.19. The molecule has 1 aliphatic heterocycles. The van der Waals surface area contributed by atoms with E-state index in [-0.39, 0.29) is 11.3 Å². The van der Waals surface area contributed by atoms with E-state index in [2.05, 4.69) is 9.71 Å². The third-order valence-corrected chi connectivity index (χ3v) is 4.72. The number of aromatic nitrogens is 1. The number of pyridine rings is 1. The molecule has 0 unspecified atom stereocenters. The van der Waals surface area contributed by atoms with Gasteiger partial charge in [-0.1, -0.05) is 12.8 Å². The molecule has 1 aromatic heterocycles. The van der Waals surface area contributed by atoms with Crippen LogP contribution in [0.3, 0.4) is 0 Å².